The number of hydrogen-bond donors (Lipinski definition) is 1. The molecule has 1 aliphatic rings. The highest BCUT2D eigenvalue weighted by Gasteiger charge is 2.32. The van der Waals surface area contributed by atoms with Gasteiger partial charge in [0.1, 0.15) is 6.67 Å². The highest BCUT2D eigenvalue weighted by Crippen LogP contribution is 2.21. The summed E-state index contributed by atoms with van der Waals surface area (Å²) >= 11 is 0. The fraction of sp³-hybridized carbons (Fsp3) is 0.600. The van der Waals surface area contributed by atoms with Crippen LogP contribution in [0.3, 0.4) is 0 Å². The minimum absolute atomic E-state index is 0.0265. The second kappa shape index (κ2) is 6.39. The normalized spacial score (nSPS) is 14.7. The van der Waals surface area contributed by atoms with E-state index in [0.717, 1.165) is 0 Å². The van der Waals surface area contributed by atoms with Crippen LogP contribution in [-0.4, -0.2) is 54.1 Å². The van der Waals surface area contributed by atoms with Crippen LogP contribution >= 0.6 is 0 Å². The fourth-order valence-electron chi connectivity index (χ4n) is 2.55. The molecule has 0 fully saturated rings. The van der Waals surface area contributed by atoms with Crippen LogP contribution in [0.5, 0.6) is 5.75 Å². The summed E-state index contributed by atoms with van der Waals surface area (Å²) in [5.41, 5.74) is -0.0653. The molecule has 1 aliphatic heterocycles. The Balaban J connectivity index is 2.51. The average Bonchev–Trinajstić information content (AvgIpc) is 2.45. The molecule has 1 aromatic heterocycles. The Bertz CT molecular complexity index is 624. The van der Waals surface area contributed by atoms with Gasteiger partial charge in [0.25, 0.3) is 5.91 Å². The fourth-order valence-corrected chi connectivity index (χ4v) is 2.55. The molecule has 1 N–H and O–H groups in total. The minimum Gasteiger partial charge on any atom is -0.502 e. The first-order chi connectivity index (χ1) is 10.4. The molecule has 22 heavy (non-hydrogen) atoms. The van der Waals surface area contributed by atoms with Gasteiger partial charge in [-0.1, -0.05) is 13.8 Å². The van der Waals surface area contributed by atoms with E-state index in [4.69, 9.17) is 4.74 Å². The molecular weight excluding hydrogens is 286 g/mol. The summed E-state index contributed by atoms with van der Waals surface area (Å²) in [6.07, 6.45) is 1.62. The number of amides is 1. The van der Waals surface area contributed by atoms with Crippen LogP contribution in [0.25, 0.3) is 0 Å². The first-order valence-corrected chi connectivity index (χ1v) is 7.35. The Labute approximate surface area is 129 Å². The highest BCUT2D eigenvalue weighted by atomic mass is 16.5. The van der Waals surface area contributed by atoms with Gasteiger partial charge in [0.05, 0.1) is 6.61 Å². The van der Waals surface area contributed by atoms with Gasteiger partial charge in [0.2, 0.25) is 5.43 Å². The first kappa shape index (κ1) is 16.4. The Morgan fingerprint density at radius 1 is 1.36 bits per heavy atom. The molecule has 7 heteroatoms. The maximum Gasteiger partial charge on any atom is 0.277 e. The lowest BCUT2D eigenvalue weighted by Crippen LogP contribution is -2.55. The maximum absolute atomic E-state index is 12.6. The van der Waals surface area contributed by atoms with Gasteiger partial charge >= 0.3 is 0 Å². The number of aromatic nitrogens is 1. The summed E-state index contributed by atoms with van der Waals surface area (Å²) in [6, 6.07) is 0. The zero-order valence-corrected chi connectivity index (χ0v) is 13.5. The predicted octanol–water partition coefficient (Wildman–Crippen LogP) is 0.516. The van der Waals surface area contributed by atoms with Crippen LogP contribution in [0.1, 0.15) is 29.9 Å². The Hall–Kier alpha value is -2.02. The zero-order valence-electron chi connectivity index (χ0n) is 13.5. The molecule has 122 valence electrons. The second-order valence-electron chi connectivity index (χ2n) is 5.97. The summed E-state index contributed by atoms with van der Waals surface area (Å²) in [6.45, 7) is 7.69. The maximum atomic E-state index is 12.6. The summed E-state index contributed by atoms with van der Waals surface area (Å²) < 4.78 is 6.64. The van der Waals surface area contributed by atoms with Gasteiger partial charge in [-0.05, 0) is 12.8 Å². The van der Waals surface area contributed by atoms with Gasteiger partial charge in [0, 0.05) is 32.0 Å². The van der Waals surface area contributed by atoms with E-state index in [-0.39, 0.29) is 11.6 Å². The minimum atomic E-state index is -0.502. The van der Waals surface area contributed by atoms with E-state index in [1.807, 2.05) is 5.01 Å². The van der Waals surface area contributed by atoms with Crippen molar-refractivity contribution in [2.45, 2.75) is 20.8 Å². The molecule has 1 aromatic rings. The molecule has 0 unspecified atom stereocenters. The van der Waals surface area contributed by atoms with Gasteiger partial charge in [-0.25, -0.2) is 0 Å². The van der Waals surface area contributed by atoms with Crippen molar-refractivity contribution in [3.8, 4) is 5.75 Å². The standard InChI is InChI=1S/C15H23N3O4/c1-10(2)7-17-9-16(5-6-22-4)15(21)12-14(20)13(19)11(3)8-18(12)17/h8,10,20H,5-7,9H2,1-4H3. The third-order valence-electron chi connectivity index (χ3n) is 3.61. The van der Waals surface area contributed by atoms with Crippen LogP contribution in [0, 0.1) is 12.8 Å². The van der Waals surface area contributed by atoms with Crippen molar-refractivity contribution in [3.63, 3.8) is 0 Å². The van der Waals surface area contributed by atoms with Crippen LogP contribution in [0.15, 0.2) is 11.0 Å². The first-order valence-electron chi connectivity index (χ1n) is 7.35. The molecule has 0 spiro atoms. The lowest BCUT2D eigenvalue weighted by atomic mass is 10.2. The van der Waals surface area contributed by atoms with E-state index in [1.165, 1.54) is 0 Å². The number of carbonyl (C=O) groups excluding carboxylic acids is 1. The van der Waals surface area contributed by atoms with E-state index >= 15 is 0 Å². The third kappa shape index (κ3) is 2.94. The number of hydrogen-bond acceptors (Lipinski definition) is 5. The van der Waals surface area contributed by atoms with Crippen molar-refractivity contribution in [2.24, 2.45) is 5.92 Å². The number of methoxy groups -OCH3 is 1. The SMILES string of the molecule is COCCN1CN(CC(C)C)n2cc(C)c(=O)c(O)c2C1=O. The molecule has 1 amide bonds. The molecule has 0 aliphatic carbocycles. The summed E-state index contributed by atoms with van der Waals surface area (Å²) in [7, 11) is 1.57. The Morgan fingerprint density at radius 3 is 2.64 bits per heavy atom. The van der Waals surface area contributed by atoms with E-state index in [0.29, 0.717) is 37.8 Å². The van der Waals surface area contributed by atoms with Crippen LogP contribution in [0.2, 0.25) is 0 Å². The van der Waals surface area contributed by atoms with Gasteiger partial charge < -0.3 is 14.7 Å². The molecule has 2 rings (SSSR count). The number of pyridine rings is 1. The number of fused-ring (bicyclic) bond motifs is 1. The van der Waals surface area contributed by atoms with Crippen molar-refractivity contribution in [1.82, 2.24) is 9.58 Å². The Morgan fingerprint density at radius 2 is 2.05 bits per heavy atom. The average molecular weight is 309 g/mol. The van der Waals surface area contributed by atoms with E-state index in [9.17, 15) is 14.7 Å². The summed E-state index contributed by atoms with van der Waals surface area (Å²) in [5.74, 6) is -0.472. The predicted molar refractivity (Wildman–Crippen MR) is 82.8 cm³/mol. The quantitative estimate of drug-likeness (QED) is 0.858. The molecular formula is C15H23N3O4. The number of carbonyl (C=O) groups is 1. The molecule has 0 atom stereocenters. The molecule has 0 bridgehead atoms. The van der Waals surface area contributed by atoms with Crippen molar-refractivity contribution in [2.75, 3.05) is 38.5 Å². The number of aryl methyl sites for hydroxylation is 1. The zero-order chi connectivity index (χ0) is 16.4. The third-order valence-corrected chi connectivity index (χ3v) is 3.61. The molecule has 2 heterocycles. The number of aromatic hydroxyl groups is 1. The van der Waals surface area contributed by atoms with E-state index in [1.54, 1.807) is 29.8 Å². The number of nitrogens with zero attached hydrogens (tertiary/aromatic N) is 3. The van der Waals surface area contributed by atoms with Crippen LogP contribution in [0.4, 0.5) is 0 Å². The Kier molecular flexibility index (Phi) is 4.75. The number of rotatable bonds is 5. The largest absolute Gasteiger partial charge is 0.502 e. The topological polar surface area (TPSA) is 75.0 Å². The van der Waals surface area contributed by atoms with E-state index < -0.39 is 11.2 Å². The molecule has 0 radical (unpaired) electrons. The van der Waals surface area contributed by atoms with E-state index in [2.05, 4.69) is 13.8 Å². The lowest BCUT2D eigenvalue weighted by molar-refractivity contribution is 0.0619. The van der Waals surface area contributed by atoms with Gasteiger partial charge in [-0.15, -0.1) is 0 Å². The summed E-state index contributed by atoms with van der Waals surface area (Å²) in [4.78, 5) is 26.1. The van der Waals surface area contributed by atoms with Gasteiger partial charge in [0.15, 0.2) is 11.4 Å². The van der Waals surface area contributed by atoms with Crippen molar-refractivity contribution in [3.05, 3.63) is 27.7 Å². The van der Waals surface area contributed by atoms with Crippen molar-refractivity contribution >= 4 is 5.91 Å². The van der Waals surface area contributed by atoms with Gasteiger partial charge in [-0.2, -0.15) is 0 Å². The molecule has 7 nitrogen and oxygen atoms in total. The van der Waals surface area contributed by atoms with Crippen molar-refractivity contribution < 1.29 is 14.6 Å². The smallest absolute Gasteiger partial charge is 0.277 e. The monoisotopic (exact) mass is 309 g/mol. The summed E-state index contributed by atoms with van der Waals surface area (Å²) in [5, 5.41) is 12.1. The molecule has 0 saturated heterocycles. The second-order valence-corrected chi connectivity index (χ2v) is 5.97. The number of ether oxygens (including phenoxy) is 1. The lowest BCUT2D eigenvalue weighted by Gasteiger charge is -2.40. The molecule has 0 saturated carbocycles. The van der Waals surface area contributed by atoms with Crippen LogP contribution < -0.4 is 10.4 Å². The van der Waals surface area contributed by atoms with Gasteiger partial charge in [-0.3, -0.25) is 19.3 Å². The van der Waals surface area contributed by atoms with Crippen LogP contribution in [-0.2, 0) is 4.74 Å². The van der Waals surface area contributed by atoms with Crippen molar-refractivity contribution in [1.29, 1.82) is 0 Å². The highest BCUT2D eigenvalue weighted by molar-refractivity contribution is 5.96. The molecule has 0 aromatic carbocycles.